The number of nitrogens with one attached hydrogen (secondary N) is 1. The van der Waals surface area contributed by atoms with E-state index in [4.69, 9.17) is 16.3 Å². The highest BCUT2D eigenvalue weighted by Gasteiger charge is 2.34. The van der Waals surface area contributed by atoms with Gasteiger partial charge >= 0.3 is 5.97 Å². The molecule has 0 radical (unpaired) electrons. The lowest BCUT2D eigenvalue weighted by Crippen LogP contribution is -2.43. The molecule has 1 atom stereocenters. The van der Waals surface area contributed by atoms with Gasteiger partial charge in [-0.1, -0.05) is 18.0 Å². The van der Waals surface area contributed by atoms with Crippen LogP contribution in [0.2, 0.25) is 5.02 Å². The van der Waals surface area contributed by atoms with Gasteiger partial charge in [-0.15, -0.1) is 11.3 Å². The van der Waals surface area contributed by atoms with Crippen molar-refractivity contribution in [3.05, 3.63) is 45.3 Å². The van der Waals surface area contributed by atoms with Crippen molar-refractivity contribution in [2.45, 2.75) is 49.8 Å². The highest BCUT2D eigenvalue weighted by Crippen LogP contribution is 2.38. The lowest BCUT2D eigenvalue weighted by Gasteiger charge is -2.31. The number of hydrogen-bond donors (Lipinski definition) is 1. The number of carbonyl (C=O) groups excluding carboxylic acids is 2. The number of esters is 1. The van der Waals surface area contributed by atoms with E-state index in [1.165, 1.54) is 47.0 Å². The molecule has 1 unspecified atom stereocenters. The van der Waals surface area contributed by atoms with E-state index in [1.807, 2.05) is 0 Å². The number of anilines is 1. The van der Waals surface area contributed by atoms with Gasteiger partial charge in [0.15, 0.2) is 0 Å². The van der Waals surface area contributed by atoms with Crippen LogP contribution in [0.1, 0.15) is 52.9 Å². The molecule has 10 heteroatoms. The first-order valence-corrected chi connectivity index (χ1v) is 13.7. The average Bonchev–Trinajstić information content (AvgIpc) is 2.98. The molecular weight excluding hydrogens is 484 g/mol. The van der Waals surface area contributed by atoms with Gasteiger partial charge < -0.3 is 10.1 Å². The zero-order valence-electron chi connectivity index (χ0n) is 18.4. The SMILES string of the molecule is COC(=O)c1c(NC(=O)C2CCCN(S(=O)(=O)c3ccc(Cl)cc3)C2)sc2c1CCCCC2. The Hall–Kier alpha value is -1.94. The molecule has 1 saturated heterocycles. The first-order chi connectivity index (χ1) is 15.8. The van der Waals surface area contributed by atoms with Gasteiger partial charge in [0.05, 0.1) is 23.5 Å². The summed E-state index contributed by atoms with van der Waals surface area (Å²) in [7, 11) is -2.38. The molecule has 7 nitrogen and oxygen atoms in total. The molecule has 1 aromatic carbocycles. The van der Waals surface area contributed by atoms with E-state index in [1.54, 1.807) is 0 Å². The monoisotopic (exact) mass is 510 g/mol. The van der Waals surface area contributed by atoms with Crippen molar-refractivity contribution in [1.29, 1.82) is 0 Å². The lowest BCUT2D eigenvalue weighted by atomic mass is 9.98. The van der Waals surface area contributed by atoms with E-state index in [2.05, 4.69) is 5.32 Å². The molecule has 1 fully saturated rings. The summed E-state index contributed by atoms with van der Waals surface area (Å²) in [5.41, 5.74) is 1.43. The van der Waals surface area contributed by atoms with Crippen molar-refractivity contribution in [2.24, 2.45) is 5.92 Å². The van der Waals surface area contributed by atoms with E-state index in [0.29, 0.717) is 35.0 Å². The van der Waals surface area contributed by atoms with Crippen LogP contribution in [0.4, 0.5) is 5.00 Å². The maximum absolute atomic E-state index is 13.2. The smallest absolute Gasteiger partial charge is 0.341 e. The molecule has 1 aliphatic heterocycles. The maximum atomic E-state index is 13.2. The van der Waals surface area contributed by atoms with E-state index in [0.717, 1.165) is 42.5 Å². The number of benzene rings is 1. The molecule has 2 aromatic rings. The molecule has 0 spiro atoms. The van der Waals surface area contributed by atoms with Crippen molar-refractivity contribution in [3.8, 4) is 0 Å². The zero-order valence-corrected chi connectivity index (χ0v) is 20.8. The summed E-state index contributed by atoms with van der Waals surface area (Å²) in [5, 5.41) is 3.90. The van der Waals surface area contributed by atoms with Crippen LogP contribution >= 0.6 is 22.9 Å². The van der Waals surface area contributed by atoms with Crippen LogP contribution in [-0.2, 0) is 32.4 Å². The van der Waals surface area contributed by atoms with Gasteiger partial charge in [-0.2, -0.15) is 4.31 Å². The molecule has 0 saturated carbocycles. The molecule has 2 heterocycles. The number of amides is 1. The molecule has 2 aliphatic rings. The van der Waals surface area contributed by atoms with Gasteiger partial charge in [0.2, 0.25) is 15.9 Å². The largest absolute Gasteiger partial charge is 0.465 e. The van der Waals surface area contributed by atoms with Crippen LogP contribution in [0.15, 0.2) is 29.2 Å². The molecule has 1 N–H and O–H groups in total. The average molecular weight is 511 g/mol. The standard InChI is InChI=1S/C23H27ClN2O5S2/c1-31-23(28)20-18-7-3-2-4-8-19(18)32-22(20)25-21(27)15-6-5-13-26(14-15)33(29,30)17-11-9-16(24)10-12-17/h9-12,15H,2-8,13-14H2,1H3,(H,25,27). The quantitative estimate of drug-likeness (QED) is 0.472. The van der Waals surface area contributed by atoms with Crippen molar-refractivity contribution in [2.75, 3.05) is 25.5 Å². The maximum Gasteiger partial charge on any atom is 0.341 e. The summed E-state index contributed by atoms with van der Waals surface area (Å²) in [4.78, 5) is 27.0. The molecule has 178 valence electrons. The van der Waals surface area contributed by atoms with Crippen LogP contribution in [0, 0.1) is 5.92 Å². The Morgan fingerprint density at radius 3 is 2.58 bits per heavy atom. The van der Waals surface area contributed by atoms with Gasteiger partial charge in [0.25, 0.3) is 0 Å². The summed E-state index contributed by atoms with van der Waals surface area (Å²) >= 11 is 7.33. The third kappa shape index (κ3) is 5.11. The minimum atomic E-state index is -3.73. The van der Waals surface area contributed by atoms with Gasteiger partial charge in [0.1, 0.15) is 5.00 Å². The Bertz CT molecular complexity index is 1140. The number of halogens is 1. The second-order valence-electron chi connectivity index (χ2n) is 8.41. The van der Waals surface area contributed by atoms with Crippen LogP contribution < -0.4 is 5.32 Å². The fourth-order valence-electron chi connectivity index (χ4n) is 4.49. The van der Waals surface area contributed by atoms with E-state index in [-0.39, 0.29) is 17.3 Å². The van der Waals surface area contributed by atoms with Gasteiger partial charge in [-0.05, 0) is 68.4 Å². The lowest BCUT2D eigenvalue weighted by molar-refractivity contribution is -0.120. The van der Waals surface area contributed by atoms with Gasteiger partial charge in [-0.3, -0.25) is 4.79 Å². The Morgan fingerprint density at radius 1 is 1.12 bits per heavy atom. The predicted molar refractivity (Wildman–Crippen MR) is 128 cm³/mol. The third-order valence-corrected chi connectivity index (χ3v) is 9.59. The molecular formula is C23H27ClN2O5S2. The van der Waals surface area contributed by atoms with Gasteiger partial charge in [-0.25, -0.2) is 13.2 Å². The van der Waals surface area contributed by atoms with Crippen molar-refractivity contribution in [1.82, 2.24) is 4.31 Å². The molecule has 4 rings (SSSR count). The summed E-state index contributed by atoms with van der Waals surface area (Å²) in [6.45, 7) is 0.449. The van der Waals surface area contributed by atoms with Crippen LogP contribution in [0.5, 0.6) is 0 Å². The second kappa shape index (κ2) is 10.1. The number of rotatable bonds is 5. The van der Waals surface area contributed by atoms with Crippen molar-refractivity contribution >= 4 is 49.8 Å². The van der Waals surface area contributed by atoms with Crippen LogP contribution in [0.25, 0.3) is 0 Å². The number of sulfonamides is 1. The van der Waals surface area contributed by atoms with Crippen LogP contribution in [0.3, 0.4) is 0 Å². The number of aryl methyl sites for hydroxylation is 1. The van der Waals surface area contributed by atoms with Crippen LogP contribution in [-0.4, -0.2) is 44.8 Å². The minimum Gasteiger partial charge on any atom is -0.465 e. The first kappa shape index (κ1) is 24.2. The second-order valence-corrected chi connectivity index (χ2v) is 11.9. The number of ether oxygens (including phenoxy) is 1. The normalized spacial score (nSPS) is 19.4. The topological polar surface area (TPSA) is 92.8 Å². The number of piperidine rings is 1. The number of fused-ring (bicyclic) bond motifs is 1. The van der Waals surface area contributed by atoms with Gasteiger partial charge in [0, 0.05) is 23.0 Å². The Balaban J connectivity index is 1.53. The summed E-state index contributed by atoms with van der Waals surface area (Å²) in [5.74, 6) is -1.22. The van der Waals surface area contributed by atoms with E-state index >= 15 is 0 Å². The Labute approximate surface area is 203 Å². The third-order valence-electron chi connectivity index (χ3n) is 6.25. The summed E-state index contributed by atoms with van der Waals surface area (Å²) in [6, 6.07) is 6.03. The molecule has 1 aliphatic carbocycles. The van der Waals surface area contributed by atoms with Crippen molar-refractivity contribution in [3.63, 3.8) is 0 Å². The van der Waals surface area contributed by atoms with E-state index < -0.39 is 21.9 Å². The highest BCUT2D eigenvalue weighted by molar-refractivity contribution is 7.89. The number of nitrogens with zero attached hydrogens (tertiary/aromatic N) is 1. The Kier molecular flexibility index (Phi) is 7.43. The number of thiophene rings is 1. The first-order valence-electron chi connectivity index (χ1n) is 11.1. The molecule has 33 heavy (non-hydrogen) atoms. The summed E-state index contributed by atoms with van der Waals surface area (Å²) in [6.07, 6.45) is 6.01. The zero-order chi connectivity index (χ0) is 23.6. The number of hydrogen-bond acceptors (Lipinski definition) is 6. The Morgan fingerprint density at radius 2 is 1.85 bits per heavy atom. The summed E-state index contributed by atoms with van der Waals surface area (Å²) < 4.78 is 32.5. The molecule has 1 aromatic heterocycles. The number of carbonyl (C=O) groups is 2. The molecule has 1 amide bonds. The van der Waals surface area contributed by atoms with Crippen molar-refractivity contribution < 1.29 is 22.7 Å². The molecule has 0 bridgehead atoms. The fourth-order valence-corrected chi connectivity index (χ4v) is 7.42. The minimum absolute atomic E-state index is 0.0927. The fraction of sp³-hybridized carbons (Fsp3) is 0.478. The highest BCUT2D eigenvalue weighted by atomic mass is 35.5. The number of methoxy groups -OCH3 is 1. The predicted octanol–water partition coefficient (Wildman–Crippen LogP) is 4.50. The van der Waals surface area contributed by atoms with E-state index in [9.17, 15) is 18.0 Å².